The SMILES string of the molecule is C[C@]1(c2ccc(Cl)cn2)Oc2cccc(C3CCN(Cc4nc5c(F)cccc5n4C[C@@H]4CCO4)CC3)c2O1. The molecule has 2 saturated heterocycles. The molecule has 9 heteroatoms. The average molecular weight is 549 g/mol. The maximum atomic E-state index is 14.6. The Morgan fingerprint density at radius 3 is 2.62 bits per heavy atom. The zero-order chi connectivity index (χ0) is 26.6. The fourth-order valence-corrected chi connectivity index (χ4v) is 6.05. The van der Waals surface area contributed by atoms with Crippen molar-refractivity contribution < 1.29 is 18.6 Å². The van der Waals surface area contributed by atoms with Crippen molar-refractivity contribution in [2.75, 3.05) is 19.7 Å². The molecule has 4 aromatic rings. The molecule has 0 saturated carbocycles. The number of ether oxygens (including phenoxy) is 3. The van der Waals surface area contributed by atoms with E-state index in [0.29, 0.717) is 35.2 Å². The number of likely N-dealkylation sites (tertiary alicyclic amines) is 1. The van der Waals surface area contributed by atoms with E-state index in [2.05, 4.69) is 20.5 Å². The summed E-state index contributed by atoms with van der Waals surface area (Å²) >= 11 is 6.03. The fourth-order valence-electron chi connectivity index (χ4n) is 5.94. The Balaban J connectivity index is 1.07. The average Bonchev–Trinajstić information content (AvgIpc) is 3.45. The van der Waals surface area contributed by atoms with E-state index in [4.69, 9.17) is 30.8 Å². The van der Waals surface area contributed by atoms with Crippen LogP contribution in [0.25, 0.3) is 11.0 Å². The van der Waals surface area contributed by atoms with Gasteiger partial charge < -0.3 is 18.8 Å². The van der Waals surface area contributed by atoms with Gasteiger partial charge in [0.05, 0.1) is 29.7 Å². The highest BCUT2D eigenvalue weighted by Crippen LogP contribution is 2.49. The minimum Gasteiger partial charge on any atom is -0.443 e. The Kier molecular flexibility index (Phi) is 6.21. The third-order valence-electron chi connectivity index (χ3n) is 8.18. The van der Waals surface area contributed by atoms with E-state index in [1.165, 1.54) is 11.6 Å². The van der Waals surface area contributed by atoms with E-state index in [1.807, 2.05) is 31.2 Å². The number of aromatic nitrogens is 3. The number of imidazole rings is 1. The summed E-state index contributed by atoms with van der Waals surface area (Å²) in [5.74, 6) is 1.51. The molecule has 2 fully saturated rings. The van der Waals surface area contributed by atoms with E-state index in [0.717, 1.165) is 61.8 Å². The summed E-state index contributed by atoms with van der Waals surface area (Å²) in [7, 11) is 0. The number of fused-ring (bicyclic) bond motifs is 2. The number of rotatable bonds is 6. The number of para-hydroxylation sites is 2. The third kappa shape index (κ3) is 4.54. The zero-order valence-corrected chi connectivity index (χ0v) is 22.5. The summed E-state index contributed by atoms with van der Waals surface area (Å²) in [4.78, 5) is 11.6. The predicted octanol–water partition coefficient (Wildman–Crippen LogP) is 6.04. The van der Waals surface area contributed by atoms with Gasteiger partial charge in [-0.1, -0.05) is 29.8 Å². The Bertz CT molecular complexity index is 1510. The molecule has 202 valence electrons. The van der Waals surface area contributed by atoms with Crippen molar-refractivity contribution in [3.8, 4) is 11.5 Å². The lowest BCUT2D eigenvalue weighted by molar-refractivity contribution is -0.0722. The molecule has 2 aromatic heterocycles. The zero-order valence-electron chi connectivity index (χ0n) is 21.8. The van der Waals surface area contributed by atoms with Crippen LogP contribution in [0.15, 0.2) is 54.7 Å². The second kappa shape index (κ2) is 9.77. The number of halogens is 2. The molecule has 2 atom stereocenters. The second-order valence-electron chi connectivity index (χ2n) is 10.8. The van der Waals surface area contributed by atoms with E-state index in [1.54, 1.807) is 18.3 Å². The third-order valence-corrected chi connectivity index (χ3v) is 8.41. The molecule has 0 aliphatic carbocycles. The highest BCUT2D eigenvalue weighted by molar-refractivity contribution is 6.30. The van der Waals surface area contributed by atoms with E-state index >= 15 is 0 Å². The molecule has 5 heterocycles. The normalized spacial score (nSPS) is 23.3. The van der Waals surface area contributed by atoms with Gasteiger partial charge in [-0.05, 0) is 68.6 Å². The minimum absolute atomic E-state index is 0.173. The summed E-state index contributed by atoms with van der Waals surface area (Å²) in [5, 5.41) is 0.572. The van der Waals surface area contributed by atoms with Gasteiger partial charge in [0, 0.05) is 25.3 Å². The van der Waals surface area contributed by atoms with E-state index in [9.17, 15) is 4.39 Å². The quantitative estimate of drug-likeness (QED) is 0.293. The van der Waals surface area contributed by atoms with Crippen LogP contribution in [0.1, 0.15) is 49.2 Å². The molecule has 2 aromatic carbocycles. The summed E-state index contributed by atoms with van der Waals surface area (Å²) in [6.45, 7) is 5.90. The van der Waals surface area contributed by atoms with Crippen LogP contribution >= 0.6 is 11.6 Å². The highest BCUT2D eigenvalue weighted by atomic mass is 35.5. The number of piperidine rings is 1. The van der Waals surface area contributed by atoms with Crippen LogP contribution in [0.4, 0.5) is 4.39 Å². The Hall–Kier alpha value is -3.20. The van der Waals surface area contributed by atoms with Crippen LogP contribution in [0.3, 0.4) is 0 Å². The Morgan fingerprint density at radius 2 is 1.87 bits per heavy atom. The van der Waals surface area contributed by atoms with Gasteiger partial charge in [0.15, 0.2) is 17.3 Å². The minimum atomic E-state index is -0.998. The maximum absolute atomic E-state index is 14.6. The lowest BCUT2D eigenvalue weighted by Crippen LogP contribution is -2.35. The summed E-state index contributed by atoms with van der Waals surface area (Å²) in [6.07, 6.45) is 4.77. The molecule has 3 aliphatic heterocycles. The van der Waals surface area contributed by atoms with Crippen molar-refractivity contribution in [1.82, 2.24) is 19.4 Å². The van der Waals surface area contributed by atoms with Gasteiger partial charge in [0.25, 0.3) is 5.79 Å². The molecule has 0 unspecified atom stereocenters. The first kappa shape index (κ1) is 24.8. The van der Waals surface area contributed by atoms with E-state index in [-0.39, 0.29) is 11.9 Å². The fraction of sp³-hybridized carbons (Fsp3) is 0.400. The summed E-state index contributed by atoms with van der Waals surface area (Å²) in [6, 6.07) is 14.9. The van der Waals surface area contributed by atoms with Crippen LogP contribution < -0.4 is 9.47 Å². The van der Waals surface area contributed by atoms with Gasteiger partial charge >= 0.3 is 0 Å². The van der Waals surface area contributed by atoms with Crippen molar-refractivity contribution in [3.05, 3.63) is 82.6 Å². The van der Waals surface area contributed by atoms with Gasteiger partial charge in [-0.2, -0.15) is 0 Å². The lowest BCUT2D eigenvalue weighted by Gasteiger charge is -2.33. The molecule has 0 spiro atoms. The number of nitrogens with zero attached hydrogens (tertiary/aromatic N) is 4. The molecule has 3 aliphatic rings. The van der Waals surface area contributed by atoms with Crippen LogP contribution in [0.5, 0.6) is 11.5 Å². The second-order valence-corrected chi connectivity index (χ2v) is 11.2. The summed E-state index contributed by atoms with van der Waals surface area (Å²) in [5.41, 5.74) is 3.12. The Morgan fingerprint density at radius 1 is 1.05 bits per heavy atom. The first-order chi connectivity index (χ1) is 19.0. The molecule has 0 N–H and O–H groups in total. The molecule has 7 rings (SSSR count). The first-order valence-electron chi connectivity index (χ1n) is 13.6. The number of pyridine rings is 1. The molecular formula is C30H30ClFN4O3. The Labute approximate surface area is 231 Å². The maximum Gasteiger partial charge on any atom is 0.292 e. The van der Waals surface area contributed by atoms with Crippen molar-refractivity contribution >= 4 is 22.6 Å². The molecule has 7 nitrogen and oxygen atoms in total. The predicted molar refractivity (Wildman–Crippen MR) is 146 cm³/mol. The van der Waals surface area contributed by atoms with Crippen molar-refractivity contribution in [1.29, 1.82) is 0 Å². The van der Waals surface area contributed by atoms with Crippen molar-refractivity contribution in [2.24, 2.45) is 0 Å². The number of hydrogen-bond donors (Lipinski definition) is 0. The number of benzene rings is 2. The molecular weight excluding hydrogens is 519 g/mol. The standard InChI is InChI=1S/C30H30ClFN4O3/c1-30(26-9-8-20(31)16-33-26)38-25-7-2-4-22(29(25)39-30)19-10-13-35(14-11-19)18-27-34-28-23(32)5-3-6-24(28)36(27)17-21-12-15-37-21/h2-9,16,19,21H,10-15,17-18H2,1H3/t21-,30-/m0/s1. The topological polar surface area (TPSA) is 61.6 Å². The van der Waals surface area contributed by atoms with Crippen molar-refractivity contribution in [3.63, 3.8) is 0 Å². The monoisotopic (exact) mass is 548 g/mol. The van der Waals surface area contributed by atoms with Crippen molar-refractivity contribution in [2.45, 2.75) is 57.1 Å². The van der Waals surface area contributed by atoms with Gasteiger partial charge in [0.1, 0.15) is 17.0 Å². The van der Waals surface area contributed by atoms with Crippen LogP contribution in [-0.4, -0.2) is 45.2 Å². The smallest absolute Gasteiger partial charge is 0.292 e. The largest absolute Gasteiger partial charge is 0.443 e. The summed E-state index contributed by atoms with van der Waals surface area (Å²) < 4.78 is 35.1. The van der Waals surface area contributed by atoms with E-state index < -0.39 is 5.79 Å². The van der Waals surface area contributed by atoms with Gasteiger partial charge in [0.2, 0.25) is 0 Å². The lowest BCUT2D eigenvalue weighted by atomic mass is 9.88. The van der Waals surface area contributed by atoms with Crippen LogP contribution in [0.2, 0.25) is 5.02 Å². The number of hydrogen-bond acceptors (Lipinski definition) is 6. The van der Waals surface area contributed by atoms with Gasteiger partial charge in [-0.25, -0.2) is 9.37 Å². The van der Waals surface area contributed by atoms with Gasteiger partial charge in [-0.3, -0.25) is 9.88 Å². The molecule has 39 heavy (non-hydrogen) atoms. The molecule has 0 radical (unpaired) electrons. The van der Waals surface area contributed by atoms with Crippen LogP contribution in [-0.2, 0) is 23.6 Å². The molecule has 0 amide bonds. The van der Waals surface area contributed by atoms with Gasteiger partial charge in [-0.15, -0.1) is 0 Å². The van der Waals surface area contributed by atoms with Crippen LogP contribution in [0, 0.1) is 5.82 Å². The highest BCUT2D eigenvalue weighted by Gasteiger charge is 2.42. The first-order valence-corrected chi connectivity index (χ1v) is 14.0. The molecule has 0 bridgehead atoms.